The zero-order valence-electron chi connectivity index (χ0n) is 3.84. The van der Waals surface area contributed by atoms with E-state index in [1.807, 2.05) is 0 Å². The fourth-order valence-electron chi connectivity index (χ4n) is 0. The van der Waals surface area contributed by atoms with Crippen LogP contribution in [0.25, 0.3) is 0 Å². The average Bonchev–Trinajstić information content (AvgIpc) is 0.722. The van der Waals surface area contributed by atoms with Gasteiger partial charge >= 0.3 is 68.5 Å². The summed E-state index contributed by atoms with van der Waals surface area (Å²) < 4.78 is 34.1. The van der Waals surface area contributed by atoms with Gasteiger partial charge in [0.15, 0.2) is 0 Å². The summed E-state index contributed by atoms with van der Waals surface area (Å²) in [5.41, 5.74) is 0. The summed E-state index contributed by atoms with van der Waals surface area (Å²) in [4.78, 5) is 0. The minimum absolute atomic E-state index is 0. The van der Waals surface area contributed by atoms with Crippen LogP contribution in [0.3, 0.4) is 0 Å². The molecule has 0 radical (unpaired) electrons. The second-order valence-corrected chi connectivity index (χ2v) is 1.22. The van der Waals surface area contributed by atoms with Crippen LogP contribution in [0.15, 0.2) is 0 Å². The first-order valence-electron chi connectivity index (χ1n) is 0.667. The summed E-state index contributed by atoms with van der Waals surface area (Å²) in [5, 5.41) is 0. The maximum Gasteiger partial charge on any atom is 2.00 e. The van der Waals surface area contributed by atoms with Crippen LogP contribution >= 0.6 is 0 Å². The van der Waals surface area contributed by atoms with Gasteiger partial charge < -0.3 is 14.6 Å². The summed E-state index contributed by atoms with van der Waals surface area (Å²) in [6.07, 6.45) is 0. The van der Waals surface area contributed by atoms with Gasteiger partial charge in [0.05, 0.1) is 0 Å². The van der Waals surface area contributed by atoms with E-state index < -0.39 is 10.4 Å². The molecule has 8 heavy (non-hydrogen) atoms. The zero-order valence-corrected chi connectivity index (χ0v) is 8.89. The molecule has 0 aromatic heterocycles. The molecule has 0 aromatic carbocycles. The van der Waals surface area contributed by atoms with Crippen molar-refractivity contribution in [2.24, 2.45) is 0 Å². The maximum atomic E-state index is 8.52. The summed E-state index contributed by atoms with van der Waals surface area (Å²) >= 11 is 0. The standard InChI is InChI=1S/Fe.K.H2O4S.H2O/c;;1-5(2,3)4;/h;;(H2,1,2,3,4);1H2/q+2;+1;;/p-3. The second kappa shape index (κ2) is 8.99. The molecule has 0 aliphatic rings. The van der Waals surface area contributed by atoms with Gasteiger partial charge in [-0.25, -0.2) is 0 Å². The molecule has 1 N–H and O–H groups in total. The number of hydrogen-bond donors (Lipinski definition) is 0. The van der Waals surface area contributed by atoms with Gasteiger partial charge in [0, 0.05) is 10.4 Å². The average molecular weight is 208 g/mol. The summed E-state index contributed by atoms with van der Waals surface area (Å²) in [7, 11) is -5.17. The van der Waals surface area contributed by atoms with Crippen LogP contribution < -0.4 is 51.4 Å². The van der Waals surface area contributed by atoms with Crippen molar-refractivity contribution in [3.8, 4) is 0 Å². The van der Waals surface area contributed by atoms with Crippen LogP contribution in [-0.4, -0.2) is 23.0 Å². The quantitative estimate of drug-likeness (QED) is 0.226. The Morgan fingerprint density at radius 1 is 1.12 bits per heavy atom. The first-order chi connectivity index (χ1) is 2.00. The predicted octanol–water partition coefficient (Wildman–Crippen LogP) is -4.51. The van der Waals surface area contributed by atoms with Crippen molar-refractivity contribution in [2.75, 3.05) is 0 Å². The number of rotatable bonds is 0. The normalized spacial score (nSPS) is 7.25. The Morgan fingerprint density at radius 2 is 1.12 bits per heavy atom. The molecule has 0 bridgehead atoms. The third-order valence-corrected chi connectivity index (χ3v) is 0. The van der Waals surface area contributed by atoms with E-state index >= 15 is 0 Å². The fraction of sp³-hybridized carbons (Fsp3) is 0. The van der Waals surface area contributed by atoms with Crippen molar-refractivity contribution >= 4 is 10.4 Å². The van der Waals surface area contributed by atoms with Crippen molar-refractivity contribution < 1.29 is 91.5 Å². The van der Waals surface area contributed by atoms with Crippen molar-refractivity contribution in [1.82, 2.24) is 0 Å². The third kappa shape index (κ3) is 98.8. The van der Waals surface area contributed by atoms with E-state index in [-0.39, 0.29) is 73.9 Å². The summed E-state index contributed by atoms with van der Waals surface area (Å²) in [5.74, 6) is 0. The molecule has 0 rings (SSSR count). The van der Waals surface area contributed by atoms with Gasteiger partial charge in [-0.2, -0.15) is 0 Å². The van der Waals surface area contributed by atoms with Gasteiger partial charge in [0.25, 0.3) is 0 Å². The van der Waals surface area contributed by atoms with Gasteiger partial charge in [-0.1, -0.05) is 0 Å². The Balaban J connectivity index is -0.0000000267. The van der Waals surface area contributed by atoms with E-state index in [1.54, 1.807) is 0 Å². The zero-order chi connectivity index (χ0) is 4.50. The molecule has 0 amide bonds. The van der Waals surface area contributed by atoms with Crippen molar-refractivity contribution in [1.29, 1.82) is 0 Å². The SMILES string of the molecule is O=S(=O)([O-])[O-].[Fe+2].[K+].[OH-]. The van der Waals surface area contributed by atoms with Gasteiger partial charge in [0.1, 0.15) is 0 Å². The number of hydrogen-bond acceptors (Lipinski definition) is 5. The second-order valence-electron chi connectivity index (χ2n) is 0.408. The molecule has 0 saturated heterocycles. The van der Waals surface area contributed by atoms with E-state index in [0.29, 0.717) is 0 Å². The molecule has 0 heterocycles. The Bertz CT molecular complexity index is 95.6. The Hall–Kier alpha value is 1.99. The van der Waals surface area contributed by atoms with E-state index in [1.165, 1.54) is 0 Å². The smallest absolute Gasteiger partial charge is 0.870 e. The molecular formula is HFeKO5S. The van der Waals surface area contributed by atoms with Crippen LogP contribution in [-0.2, 0) is 27.5 Å². The largest absolute Gasteiger partial charge is 2.00 e. The van der Waals surface area contributed by atoms with Gasteiger partial charge in [-0.05, 0) is 0 Å². The first-order valence-corrected chi connectivity index (χ1v) is 2.00. The Morgan fingerprint density at radius 3 is 1.12 bits per heavy atom. The molecule has 0 fully saturated rings. The van der Waals surface area contributed by atoms with E-state index in [4.69, 9.17) is 17.5 Å². The maximum absolute atomic E-state index is 8.52. The Kier molecular flexibility index (Phi) is 25.3. The minimum Gasteiger partial charge on any atom is -0.870 e. The molecule has 0 saturated carbocycles. The molecule has 0 aliphatic heterocycles. The molecule has 46 valence electrons. The van der Waals surface area contributed by atoms with Crippen LogP contribution in [0.4, 0.5) is 0 Å². The fourth-order valence-corrected chi connectivity index (χ4v) is 0. The van der Waals surface area contributed by atoms with E-state index in [9.17, 15) is 0 Å². The van der Waals surface area contributed by atoms with Crippen LogP contribution in [0.1, 0.15) is 0 Å². The predicted molar refractivity (Wildman–Crippen MR) is 12.4 cm³/mol. The van der Waals surface area contributed by atoms with Gasteiger partial charge in [-0.15, -0.1) is 0 Å². The summed E-state index contributed by atoms with van der Waals surface area (Å²) in [6.45, 7) is 0. The Labute approximate surface area is 100 Å². The molecule has 0 aromatic rings. The molecule has 8 heteroatoms. The van der Waals surface area contributed by atoms with E-state index in [0.717, 1.165) is 0 Å². The monoisotopic (exact) mass is 208 g/mol. The topological polar surface area (TPSA) is 110 Å². The minimum atomic E-state index is -5.17. The third-order valence-electron chi connectivity index (χ3n) is 0. The van der Waals surface area contributed by atoms with Crippen molar-refractivity contribution in [3.63, 3.8) is 0 Å². The van der Waals surface area contributed by atoms with Gasteiger partial charge in [-0.3, -0.25) is 8.42 Å². The first kappa shape index (κ1) is 22.5. The summed E-state index contributed by atoms with van der Waals surface area (Å²) in [6, 6.07) is 0. The molecule has 5 nitrogen and oxygen atoms in total. The van der Waals surface area contributed by atoms with Crippen molar-refractivity contribution in [3.05, 3.63) is 0 Å². The van der Waals surface area contributed by atoms with Crippen LogP contribution in [0.2, 0.25) is 0 Å². The van der Waals surface area contributed by atoms with Crippen molar-refractivity contribution in [2.45, 2.75) is 0 Å². The van der Waals surface area contributed by atoms with E-state index in [2.05, 4.69) is 0 Å². The molecular weight excluding hydrogens is 207 g/mol. The molecule has 0 spiro atoms. The van der Waals surface area contributed by atoms with Gasteiger partial charge in [0.2, 0.25) is 0 Å². The molecule has 0 unspecified atom stereocenters. The van der Waals surface area contributed by atoms with Crippen LogP contribution in [0.5, 0.6) is 0 Å². The molecule has 0 atom stereocenters. The van der Waals surface area contributed by atoms with Crippen LogP contribution in [0, 0.1) is 0 Å². The molecule has 0 aliphatic carbocycles.